The number of benzene rings is 2. The fraction of sp³-hybridized carbons (Fsp3) is 0.400. The molecule has 2 atom stereocenters. The number of hydrogen-bond donors (Lipinski definition) is 1. The maximum atomic E-state index is 10.6. The Morgan fingerprint density at radius 3 is 2.05 bits per heavy atom. The monoisotopic (exact) mass is 282 g/mol. The molecule has 1 nitrogen and oxygen atoms in total. The van der Waals surface area contributed by atoms with Gasteiger partial charge in [0.05, 0.1) is 6.10 Å². The molecule has 2 unspecified atom stereocenters. The molecule has 0 radical (unpaired) electrons. The van der Waals surface area contributed by atoms with E-state index in [1.165, 1.54) is 24.0 Å². The van der Waals surface area contributed by atoms with E-state index < -0.39 is 0 Å². The Kier molecular flexibility index (Phi) is 6.01. The van der Waals surface area contributed by atoms with Gasteiger partial charge in [-0.15, -0.1) is 0 Å². The molecule has 0 heterocycles. The first-order valence-electron chi connectivity index (χ1n) is 8.09. The minimum atomic E-state index is -0.341. The van der Waals surface area contributed by atoms with Crippen LogP contribution in [0.1, 0.15) is 51.2 Å². The van der Waals surface area contributed by atoms with Gasteiger partial charge in [0, 0.05) is 0 Å². The molecule has 0 aliphatic heterocycles. The number of aliphatic hydroxyl groups excluding tert-OH is 1. The summed E-state index contributed by atoms with van der Waals surface area (Å²) in [4.78, 5) is 0. The summed E-state index contributed by atoms with van der Waals surface area (Å²) in [6.45, 7) is 4.37. The molecule has 0 aliphatic carbocycles. The second kappa shape index (κ2) is 7.99. The van der Waals surface area contributed by atoms with Crippen LogP contribution in [0.25, 0.3) is 11.1 Å². The van der Waals surface area contributed by atoms with Crippen molar-refractivity contribution in [2.24, 2.45) is 5.92 Å². The topological polar surface area (TPSA) is 20.2 Å². The lowest BCUT2D eigenvalue weighted by Gasteiger charge is -2.22. The fourth-order valence-electron chi connectivity index (χ4n) is 2.83. The molecule has 0 amide bonds. The zero-order valence-corrected chi connectivity index (χ0v) is 13.1. The van der Waals surface area contributed by atoms with E-state index in [0.29, 0.717) is 5.92 Å². The molecule has 1 N–H and O–H groups in total. The molecule has 0 saturated carbocycles. The minimum Gasteiger partial charge on any atom is -0.388 e. The van der Waals surface area contributed by atoms with Gasteiger partial charge < -0.3 is 5.11 Å². The van der Waals surface area contributed by atoms with E-state index in [1.54, 1.807) is 0 Å². The van der Waals surface area contributed by atoms with E-state index in [4.69, 9.17) is 0 Å². The van der Waals surface area contributed by atoms with Crippen molar-refractivity contribution in [2.45, 2.75) is 45.6 Å². The van der Waals surface area contributed by atoms with Gasteiger partial charge in [-0.2, -0.15) is 0 Å². The highest BCUT2D eigenvalue weighted by Gasteiger charge is 2.18. The van der Waals surface area contributed by atoms with Gasteiger partial charge in [-0.1, -0.05) is 87.7 Å². The van der Waals surface area contributed by atoms with Crippen molar-refractivity contribution >= 4 is 0 Å². The van der Waals surface area contributed by atoms with Gasteiger partial charge in [-0.3, -0.25) is 0 Å². The molecule has 0 aromatic heterocycles. The first kappa shape index (κ1) is 15.8. The van der Waals surface area contributed by atoms with E-state index in [2.05, 4.69) is 62.4 Å². The lowest BCUT2D eigenvalue weighted by Crippen LogP contribution is -2.11. The van der Waals surface area contributed by atoms with Crippen LogP contribution in [0, 0.1) is 5.92 Å². The van der Waals surface area contributed by atoms with E-state index in [0.717, 1.165) is 18.4 Å². The first-order valence-corrected chi connectivity index (χ1v) is 8.09. The lowest BCUT2D eigenvalue weighted by molar-refractivity contribution is 0.0989. The molecular weight excluding hydrogens is 256 g/mol. The quantitative estimate of drug-likeness (QED) is 0.700. The number of unbranched alkanes of at least 4 members (excludes halogenated alkanes) is 1. The Balaban J connectivity index is 2.10. The predicted molar refractivity (Wildman–Crippen MR) is 90.1 cm³/mol. The van der Waals surface area contributed by atoms with Gasteiger partial charge in [0.2, 0.25) is 0 Å². The molecule has 0 fully saturated rings. The normalized spacial score (nSPS) is 13.9. The van der Waals surface area contributed by atoms with E-state index in [1.807, 2.05) is 6.07 Å². The summed E-state index contributed by atoms with van der Waals surface area (Å²) in [5.74, 6) is 0.368. The van der Waals surface area contributed by atoms with Crippen LogP contribution in [-0.2, 0) is 0 Å². The first-order chi connectivity index (χ1) is 10.3. The molecule has 2 aromatic carbocycles. The van der Waals surface area contributed by atoms with E-state index in [-0.39, 0.29) is 6.10 Å². The Morgan fingerprint density at radius 1 is 0.857 bits per heavy atom. The van der Waals surface area contributed by atoms with Gasteiger partial charge in [0.1, 0.15) is 0 Å². The zero-order valence-electron chi connectivity index (χ0n) is 13.1. The molecular formula is C20H26O. The summed E-state index contributed by atoms with van der Waals surface area (Å²) in [5.41, 5.74) is 3.46. The summed E-state index contributed by atoms with van der Waals surface area (Å²) in [6.07, 6.45) is 4.18. The van der Waals surface area contributed by atoms with Crippen molar-refractivity contribution in [3.05, 3.63) is 60.2 Å². The fourth-order valence-corrected chi connectivity index (χ4v) is 2.83. The molecule has 0 aliphatic rings. The molecule has 0 spiro atoms. The van der Waals surface area contributed by atoms with Crippen molar-refractivity contribution in [3.8, 4) is 11.1 Å². The van der Waals surface area contributed by atoms with Crippen molar-refractivity contribution in [1.82, 2.24) is 0 Å². The van der Waals surface area contributed by atoms with Gasteiger partial charge in [-0.25, -0.2) is 0 Å². The molecule has 1 heteroatoms. The standard InChI is InChI=1S/C20H26O/c1-3-5-9-16(4-2)20(21)19-14-12-18(13-15-19)17-10-7-6-8-11-17/h6-8,10-16,20-21H,3-5,9H2,1-2H3. The summed E-state index contributed by atoms with van der Waals surface area (Å²) < 4.78 is 0. The van der Waals surface area contributed by atoms with Crippen LogP contribution < -0.4 is 0 Å². The van der Waals surface area contributed by atoms with Crippen LogP contribution in [0.15, 0.2) is 54.6 Å². The average molecular weight is 282 g/mol. The molecule has 112 valence electrons. The van der Waals surface area contributed by atoms with Crippen LogP contribution in [0.4, 0.5) is 0 Å². The Bertz CT molecular complexity index is 515. The summed E-state index contributed by atoms with van der Waals surface area (Å²) in [6, 6.07) is 18.7. The third-order valence-electron chi connectivity index (χ3n) is 4.26. The van der Waals surface area contributed by atoms with E-state index >= 15 is 0 Å². The molecule has 21 heavy (non-hydrogen) atoms. The van der Waals surface area contributed by atoms with Crippen LogP contribution >= 0.6 is 0 Å². The maximum absolute atomic E-state index is 10.6. The van der Waals surface area contributed by atoms with Crippen LogP contribution in [0.5, 0.6) is 0 Å². The molecule has 0 bridgehead atoms. The zero-order chi connectivity index (χ0) is 15.1. The van der Waals surface area contributed by atoms with Crippen molar-refractivity contribution in [2.75, 3.05) is 0 Å². The van der Waals surface area contributed by atoms with Gasteiger partial charge in [-0.05, 0) is 29.0 Å². The van der Waals surface area contributed by atoms with Crippen molar-refractivity contribution in [1.29, 1.82) is 0 Å². The smallest absolute Gasteiger partial charge is 0.0818 e. The van der Waals surface area contributed by atoms with Crippen LogP contribution in [0.3, 0.4) is 0 Å². The van der Waals surface area contributed by atoms with Gasteiger partial charge in [0.25, 0.3) is 0 Å². The summed E-state index contributed by atoms with van der Waals surface area (Å²) in [7, 11) is 0. The highest BCUT2D eigenvalue weighted by molar-refractivity contribution is 5.63. The van der Waals surface area contributed by atoms with Crippen molar-refractivity contribution < 1.29 is 5.11 Å². The van der Waals surface area contributed by atoms with Crippen LogP contribution in [0.2, 0.25) is 0 Å². The average Bonchev–Trinajstić information content (AvgIpc) is 2.56. The maximum Gasteiger partial charge on any atom is 0.0818 e. The molecule has 2 aromatic rings. The van der Waals surface area contributed by atoms with Crippen LogP contribution in [-0.4, -0.2) is 5.11 Å². The lowest BCUT2D eigenvalue weighted by atomic mass is 9.88. The highest BCUT2D eigenvalue weighted by atomic mass is 16.3. The SMILES string of the molecule is CCCCC(CC)C(O)c1ccc(-c2ccccc2)cc1. The molecule has 2 rings (SSSR count). The molecule has 0 saturated heterocycles. The third kappa shape index (κ3) is 4.18. The number of rotatable bonds is 7. The van der Waals surface area contributed by atoms with Gasteiger partial charge in [0.15, 0.2) is 0 Å². The Morgan fingerprint density at radius 2 is 1.48 bits per heavy atom. The van der Waals surface area contributed by atoms with E-state index in [9.17, 15) is 5.11 Å². The summed E-state index contributed by atoms with van der Waals surface area (Å²) >= 11 is 0. The number of hydrogen-bond acceptors (Lipinski definition) is 1. The predicted octanol–water partition coefficient (Wildman–Crippen LogP) is 5.60. The summed E-state index contributed by atoms with van der Waals surface area (Å²) in [5, 5.41) is 10.6. The minimum absolute atomic E-state index is 0.341. The third-order valence-corrected chi connectivity index (χ3v) is 4.26. The number of aliphatic hydroxyl groups is 1. The Hall–Kier alpha value is -1.60. The second-order valence-corrected chi connectivity index (χ2v) is 5.74. The Labute approximate surface area is 128 Å². The van der Waals surface area contributed by atoms with Gasteiger partial charge >= 0.3 is 0 Å². The second-order valence-electron chi connectivity index (χ2n) is 5.74. The van der Waals surface area contributed by atoms with Crippen molar-refractivity contribution in [3.63, 3.8) is 0 Å². The largest absolute Gasteiger partial charge is 0.388 e. The highest BCUT2D eigenvalue weighted by Crippen LogP contribution is 2.30.